The zero-order valence-corrected chi connectivity index (χ0v) is 18.2. The fraction of sp³-hybridized carbons (Fsp3) is 0.522. The molecule has 0 radical (unpaired) electrons. The Morgan fingerprint density at radius 3 is 2.55 bits per heavy atom. The monoisotopic (exact) mass is 427 g/mol. The van der Waals surface area contributed by atoms with Crippen LogP contribution in [-0.4, -0.2) is 55.1 Å². The molecule has 1 aromatic carbocycles. The normalized spacial score (nSPS) is 19.2. The van der Waals surface area contributed by atoms with E-state index in [1.807, 2.05) is 6.07 Å². The maximum atomic E-state index is 14.2. The zero-order chi connectivity index (χ0) is 22.0. The van der Waals surface area contributed by atoms with Crippen LogP contribution in [0.25, 0.3) is 10.9 Å². The summed E-state index contributed by atoms with van der Waals surface area (Å²) in [6, 6.07) is 6.03. The summed E-state index contributed by atoms with van der Waals surface area (Å²) in [4.78, 5) is 22.4. The molecule has 0 unspecified atom stereocenters. The largest absolute Gasteiger partial charge is 0.383 e. The summed E-state index contributed by atoms with van der Waals surface area (Å²) in [5.74, 6) is 0.144. The van der Waals surface area contributed by atoms with Crippen LogP contribution < -0.4 is 16.0 Å². The molecule has 0 bridgehead atoms. The van der Waals surface area contributed by atoms with Crippen molar-refractivity contribution >= 4 is 28.5 Å². The minimum absolute atomic E-state index is 0.140. The molecule has 7 nitrogen and oxygen atoms in total. The number of aryl methyl sites for hydroxylation is 1. The number of hydrogen-bond acceptors (Lipinski definition) is 5. The number of amidine groups is 1. The molecule has 4 rings (SSSR count). The van der Waals surface area contributed by atoms with Gasteiger partial charge in [-0.1, -0.05) is 0 Å². The van der Waals surface area contributed by atoms with Crippen LogP contribution in [0.2, 0.25) is 0 Å². The molecule has 3 N–H and O–H groups in total. The minimum Gasteiger partial charge on any atom is -0.383 e. The first-order valence-corrected chi connectivity index (χ1v) is 11.0. The van der Waals surface area contributed by atoms with E-state index in [4.69, 9.17) is 15.5 Å². The van der Waals surface area contributed by atoms with Crippen molar-refractivity contribution in [2.24, 2.45) is 10.7 Å². The van der Waals surface area contributed by atoms with Crippen LogP contribution >= 0.6 is 0 Å². The second-order valence-corrected chi connectivity index (χ2v) is 8.48. The van der Waals surface area contributed by atoms with E-state index in [2.05, 4.69) is 15.2 Å². The predicted molar refractivity (Wildman–Crippen MR) is 120 cm³/mol. The number of halogens is 1. The Hall–Kier alpha value is -2.58. The third-order valence-electron chi connectivity index (χ3n) is 6.12. The third kappa shape index (κ3) is 5.02. The fourth-order valence-electron chi connectivity index (χ4n) is 4.42. The van der Waals surface area contributed by atoms with Crippen LogP contribution in [0.15, 0.2) is 23.2 Å². The molecule has 0 atom stereocenters. The van der Waals surface area contributed by atoms with Gasteiger partial charge in [-0.25, -0.2) is 9.37 Å². The van der Waals surface area contributed by atoms with Gasteiger partial charge in [0.25, 0.3) is 0 Å². The number of piperidine rings is 1. The summed E-state index contributed by atoms with van der Waals surface area (Å²) in [6.45, 7) is 6.33. The second kappa shape index (κ2) is 9.28. The van der Waals surface area contributed by atoms with Crippen molar-refractivity contribution in [3.8, 4) is 0 Å². The number of aliphatic imine (C=N–C) groups is 1. The summed E-state index contributed by atoms with van der Waals surface area (Å²) >= 11 is 0. The highest BCUT2D eigenvalue weighted by atomic mass is 19.1. The molecule has 2 aromatic rings. The number of fused-ring (bicyclic) bond motifs is 1. The highest BCUT2D eigenvalue weighted by Crippen LogP contribution is 2.28. The van der Waals surface area contributed by atoms with Crippen molar-refractivity contribution in [2.45, 2.75) is 51.6 Å². The smallest absolute Gasteiger partial charge is 0.244 e. The lowest BCUT2D eigenvalue weighted by Crippen LogP contribution is -2.48. The molecule has 0 saturated carbocycles. The number of amides is 1. The maximum Gasteiger partial charge on any atom is 0.244 e. The summed E-state index contributed by atoms with van der Waals surface area (Å²) in [7, 11) is 0. The van der Waals surface area contributed by atoms with Gasteiger partial charge in [-0.3, -0.25) is 4.79 Å². The molecular weight excluding hydrogens is 397 g/mol. The quantitative estimate of drug-likeness (QED) is 0.576. The van der Waals surface area contributed by atoms with Gasteiger partial charge in [0.1, 0.15) is 17.5 Å². The molecule has 1 amide bonds. The maximum absolute atomic E-state index is 14.2. The number of carbonyl (C=O) groups is 1. The predicted octanol–water partition coefficient (Wildman–Crippen LogP) is 2.67. The summed E-state index contributed by atoms with van der Waals surface area (Å²) in [6.07, 6.45) is 4.06. The fourth-order valence-corrected chi connectivity index (χ4v) is 4.42. The molecule has 166 valence electrons. The Morgan fingerprint density at radius 1 is 1.19 bits per heavy atom. The van der Waals surface area contributed by atoms with Crippen LogP contribution in [0, 0.1) is 12.7 Å². The van der Waals surface area contributed by atoms with E-state index in [0.717, 1.165) is 57.4 Å². The van der Waals surface area contributed by atoms with E-state index in [1.54, 1.807) is 13.0 Å². The van der Waals surface area contributed by atoms with Crippen molar-refractivity contribution < 1.29 is 13.9 Å². The first-order valence-electron chi connectivity index (χ1n) is 11.0. The first-order chi connectivity index (χ1) is 14.9. The Bertz CT molecular complexity index is 995. The van der Waals surface area contributed by atoms with Gasteiger partial charge < -0.3 is 20.7 Å². The average molecular weight is 428 g/mol. The number of hydrogen-bond donors (Lipinski definition) is 2. The molecule has 8 heteroatoms. The van der Waals surface area contributed by atoms with Crippen molar-refractivity contribution in [1.29, 1.82) is 0 Å². The topological polar surface area (TPSA) is 92.8 Å². The van der Waals surface area contributed by atoms with E-state index in [9.17, 15) is 9.18 Å². The van der Waals surface area contributed by atoms with Crippen molar-refractivity contribution in [3.05, 3.63) is 35.1 Å². The number of nitrogens with one attached hydrogen (secondary N) is 1. The number of aromatic nitrogens is 1. The molecular formula is C23H30FN5O2. The number of pyridine rings is 1. The average Bonchev–Trinajstić information content (AvgIpc) is 2.75. The van der Waals surface area contributed by atoms with Crippen LogP contribution in [0.3, 0.4) is 0 Å². The molecule has 3 heterocycles. The van der Waals surface area contributed by atoms with E-state index >= 15 is 0 Å². The van der Waals surface area contributed by atoms with Gasteiger partial charge in [0, 0.05) is 56.8 Å². The first kappa shape index (κ1) is 21.6. The van der Waals surface area contributed by atoms with Gasteiger partial charge in [0.2, 0.25) is 5.91 Å². The van der Waals surface area contributed by atoms with Crippen LogP contribution in [-0.2, 0) is 9.53 Å². The third-order valence-corrected chi connectivity index (χ3v) is 6.12. The number of nitrogens with two attached hydrogens (primary N) is 1. The van der Waals surface area contributed by atoms with Crippen molar-refractivity contribution in [2.75, 3.05) is 31.2 Å². The summed E-state index contributed by atoms with van der Waals surface area (Å²) in [5.41, 5.74) is 7.90. The highest BCUT2D eigenvalue weighted by molar-refractivity contribution is 6.08. The number of anilines is 1. The van der Waals surface area contributed by atoms with Crippen LogP contribution in [0.4, 0.5) is 10.2 Å². The summed E-state index contributed by atoms with van der Waals surface area (Å²) < 4.78 is 19.6. The SMILES string of the molecule is CC(=O)N=C(N)c1cc2cc(C)c(F)cc2nc1N1CCC(NC2CCOCC2)CC1. The van der Waals surface area contributed by atoms with Gasteiger partial charge in [-0.05, 0) is 50.3 Å². The molecule has 31 heavy (non-hydrogen) atoms. The van der Waals surface area contributed by atoms with Gasteiger partial charge in [0.15, 0.2) is 0 Å². The minimum atomic E-state index is -0.363. The Morgan fingerprint density at radius 2 is 1.87 bits per heavy atom. The standard InChI is InChI=1S/C23H30FN5O2/c1-14-11-16-12-19(22(25)26-15(2)30)23(28-21(16)13-20(14)24)29-7-3-17(4-8-29)27-18-5-9-31-10-6-18/h11-13,17-18,27H,3-10H2,1-2H3,(H2,25,26,30). The molecule has 0 aliphatic carbocycles. The van der Waals surface area contributed by atoms with Gasteiger partial charge >= 0.3 is 0 Å². The highest BCUT2D eigenvalue weighted by Gasteiger charge is 2.26. The molecule has 2 aliphatic rings. The lowest BCUT2D eigenvalue weighted by Gasteiger charge is -2.36. The van der Waals surface area contributed by atoms with Crippen LogP contribution in [0.5, 0.6) is 0 Å². The van der Waals surface area contributed by atoms with Crippen molar-refractivity contribution in [1.82, 2.24) is 10.3 Å². The number of nitrogens with zero attached hydrogens (tertiary/aromatic N) is 3. The van der Waals surface area contributed by atoms with Gasteiger partial charge in [-0.15, -0.1) is 0 Å². The Labute approximate surface area is 181 Å². The number of carbonyl (C=O) groups excluding carboxylic acids is 1. The lowest BCUT2D eigenvalue weighted by molar-refractivity contribution is -0.115. The summed E-state index contributed by atoms with van der Waals surface area (Å²) in [5, 5.41) is 4.54. The second-order valence-electron chi connectivity index (χ2n) is 8.48. The number of benzene rings is 1. The van der Waals surface area contributed by atoms with E-state index in [0.29, 0.717) is 34.5 Å². The number of rotatable bonds is 4. The van der Waals surface area contributed by atoms with Gasteiger partial charge in [0.05, 0.1) is 11.1 Å². The van der Waals surface area contributed by atoms with Crippen molar-refractivity contribution in [3.63, 3.8) is 0 Å². The molecule has 2 saturated heterocycles. The Kier molecular flexibility index (Phi) is 6.48. The van der Waals surface area contributed by atoms with E-state index < -0.39 is 0 Å². The Balaban J connectivity index is 1.59. The molecule has 1 aromatic heterocycles. The van der Waals surface area contributed by atoms with Gasteiger partial charge in [-0.2, -0.15) is 4.99 Å². The molecule has 2 aliphatic heterocycles. The number of ether oxygens (including phenoxy) is 1. The van der Waals surface area contributed by atoms with E-state index in [1.165, 1.54) is 13.0 Å². The van der Waals surface area contributed by atoms with E-state index in [-0.39, 0.29) is 17.6 Å². The lowest BCUT2D eigenvalue weighted by atomic mass is 10.0. The zero-order valence-electron chi connectivity index (χ0n) is 18.2. The molecule has 2 fully saturated rings. The molecule has 0 spiro atoms. The van der Waals surface area contributed by atoms with Crippen LogP contribution in [0.1, 0.15) is 43.7 Å².